The van der Waals surface area contributed by atoms with Crippen LogP contribution >= 0.6 is 0 Å². The Bertz CT molecular complexity index is 2210. The molecule has 3 aliphatic carbocycles. The van der Waals surface area contributed by atoms with Crippen LogP contribution in [0.4, 0.5) is 0 Å². The van der Waals surface area contributed by atoms with Crippen molar-refractivity contribution in [2.24, 2.45) is 16.7 Å². The number of rotatable bonds is 10. The van der Waals surface area contributed by atoms with Gasteiger partial charge in [0.1, 0.15) is 29.5 Å². The number of aliphatic hydroxyl groups excluding tert-OH is 3. The van der Waals surface area contributed by atoms with Gasteiger partial charge >= 0.3 is 11.9 Å². The molecular weight excluding hydrogens is 1230 g/mol. The number of ether oxygens (including phenoxy) is 5. The van der Waals surface area contributed by atoms with Crippen LogP contribution in [0.1, 0.15) is 72.9 Å². The SMILES string of the molecule is COc1ccc(C(NC(=O)c2ccccc2)C(O)C(=O)OC2CC3(O)C(OC(=O)c4ccccc4)C4[C@]5(O)COC5CC(O)[C@@]4(C)C(=O)C(O)C(=C2C)C3(C)C)cc1OC.[Ac].[Ac]. The third kappa shape index (κ3) is 8.40. The zero-order valence-electron chi connectivity index (χ0n) is 35.3. The van der Waals surface area contributed by atoms with Crippen LogP contribution in [0.15, 0.2) is 90.0 Å². The van der Waals surface area contributed by atoms with Crippen LogP contribution in [-0.2, 0) is 23.8 Å². The maximum Gasteiger partial charge on any atom is 0.338 e. The fraction of sp³-hybridized carbons (Fsp3) is 0.467. The zero-order chi connectivity index (χ0) is 43.5. The van der Waals surface area contributed by atoms with Gasteiger partial charge in [-0.2, -0.15) is 0 Å². The van der Waals surface area contributed by atoms with Crippen molar-refractivity contribution in [3.63, 3.8) is 0 Å². The summed E-state index contributed by atoms with van der Waals surface area (Å²) in [5, 5.41) is 64.0. The summed E-state index contributed by atoms with van der Waals surface area (Å²) in [6.45, 7) is 5.65. The summed E-state index contributed by atoms with van der Waals surface area (Å²) < 4.78 is 28.7. The molecule has 326 valence electrons. The van der Waals surface area contributed by atoms with Crippen molar-refractivity contribution in [1.82, 2.24) is 5.32 Å². The fourth-order valence-corrected chi connectivity index (χ4v) is 9.93. The Hall–Kier alpha value is -2.28. The van der Waals surface area contributed by atoms with Crippen LogP contribution in [0, 0.1) is 105 Å². The number of carbonyl (C=O) groups excluding carboxylic acids is 4. The molecule has 6 N–H and O–H groups in total. The molecule has 0 spiro atoms. The summed E-state index contributed by atoms with van der Waals surface area (Å²) >= 11 is 0. The summed E-state index contributed by atoms with van der Waals surface area (Å²) in [6, 6.07) is 19.1. The second-order valence-electron chi connectivity index (χ2n) is 16.9. The van der Waals surface area contributed by atoms with Crippen molar-refractivity contribution in [3.8, 4) is 11.5 Å². The van der Waals surface area contributed by atoms with Crippen molar-refractivity contribution >= 4 is 23.6 Å². The molecule has 9 unspecified atom stereocenters. The van der Waals surface area contributed by atoms with Crippen molar-refractivity contribution in [3.05, 3.63) is 107 Å². The molecule has 1 saturated heterocycles. The van der Waals surface area contributed by atoms with E-state index in [0.29, 0.717) is 5.75 Å². The number of amides is 1. The Kier molecular flexibility index (Phi) is 15.8. The van der Waals surface area contributed by atoms with Crippen molar-refractivity contribution in [2.75, 3.05) is 20.8 Å². The molecule has 15 nitrogen and oxygen atoms in total. The third-order valence-electron chi connectivity index (χ3n) is 13.5. The van der Waals surface area contributed by atoms with Gasteiger partial charge in [-0.1, -0.05) is 56.3 Å². The summed E-state index contributed by atoms with van der Waals surface area (Å²) in [6.07, 6.45) is -10.6. The molecule has 2 bridgehead atoms. The predicted molar refractivity (Wildman–Crippen MR) is 212 cm³/mol. The molecular formula is C45H51Ac2NO14. The van der Waals surface area contributed by atoms with Gasteiger partial charge in [0, 0.05) is 118 Å². The topological polar surface area (TPSA) is 228 Å². The van der Waals surface area contributed by atoms with Crippen molar-refractivity contribution in [1.29, 1.82) is 0 Å². The van der Waals surface area contributed by atoms with Gasteiger partial charge in [-0.25, -0.2) is 9.59 Å². The molecule has 2 radical (unpaired) electrons. The minimum absolute atomic E-state index is 0. The van der Waals surface area contributed by atoms with E-state index in [1.165, 1.54) is 58.4 Å². The van der Waals surface area contributed by atoms with E-state index in [-0.39, 0.29) is 135 Å². The van der Waals surface area contributed by atoms with Crippen LogP contribution < -0.4 is 14.8 Å². The van der Waals surface area contributed by atoms with Gasteiger partial charge in [0.25, 0.3) is 5.91 Å². The zero-order valence-corrected chi connectivity index (χ0v) is 44.8. The van der Waals surface area contributed by atoms with Crippen LogP contribution in [0.2, 0.25) is 0 Å². The largest absolute Gasteiger partial charge is 0.493 e. The standard InChI is InChI=1S/C45H51NO14.2Ac/c1-23-29(59-41(53)35(49)33(46-39(51)24-13-9-7-10-14-24)26-17-18-27(56-5)28(19-26)57-6)21-45(55)38(60-40(52)25-15-11-8-12-16-25)36-43(4,30(47)20-31-44(36,54)22-58-31)37(50)34(48)32(23)42(45,2)3;;/h7-19,29-31,33-36,38,47-49,54-55H,20-22H2,1-6H3,(H,46,51);;/t29?,30?,31?,33?,34?,35?,36?,38?,43-,44+,45?;;/m1../s1. The van der Waals surface area contributed by atoms with Crippen LogP contribution in [0.3, 0.4) is 0 Å². The van der Waals surface area contributed by atoms with Gasteiger partial charge in [-0.3, -0.25) is 9.59 Å². The molecule has 11 atom stereocenters. The van der Waals surface area contributed by atoms with Crippen molar-refractivity contribution < 1.29 is 157 Å². The summed E-state index contributed by atoms with van der Waals surface area (Å²) in [4.78, 5) is 56.6. The average Bonchev–Trinajstić information content (AvgIpc) is 3.24. The Balaban J connectivity index is 0.00000363. The number of carbonyl (C=O) groups is 4. The average molecular weight is 1280 g/mol. The number of Topliss-reactive ketones (excluding diaryl/α,β-unsaturated/α-hetero) is 1. The molecule has 1 amide bonds. The van der Waals surface area contributed by atoms with E-state index in [9.17, 15) is 44.7 Å². The fourth-order valence-electron chi connectivity index (χ4n) is 9.93. The number of fused-ring (bicyclic) bond motifs is 5. The summed E-state index contributed by atoms with van der Waals surface area (Å²) in [5.74, 6) is -4.67. The predicted octanol–water partition coefficient (Wildman–Crippen LogP) is 2.61. The first-order valence-corrected chi connectivity index (χ1v) is 19.8. The first kappa shape index (κ1) is 50.7. The quantitative estimate of drug-likeness (QED) is 0.127. The Morgan fingerprint density at radius 2 is 1.45 bits per heavy atom. The number of hydrogen-bond donors (Lipinski definition) is 6. The molecule has 4 aliphatic rings. The van der Waals surface area contributed by atoms with E-state index >= 15 is 0 Å². The molecule has 2 saturated carbocycles. The van der Waals surface area contributed by atoms with Crippen LogP contribution in [-0.4, -0.2) is 118 Å². The molecule has 1 heterocycles. The first-order chi connectivity index (χ1) is 28.3. The minimum atomic E-state index is -2.34. The normalized spacial score (nSPS) is 31.6. The molecule has 7 rings (SSSR count). The van der Waals surface area contributed by atoms with E-state index in [1.807, 2.05) is 0 Å². The van der Waals surface area contributed by atoms with E-state index in [0.717, 1.165) is 0 Å². The maximum absolute atomic E-state index is 14.8. The molecule has 3 fully saturated rings. The monoisotopic (exact) mass is 1280 g/mol. The number of ketones is 1. The van der Waals surface area contributed by atoms with E-state index in [4.69, 9.17) is 23.7 Å². The first-order valence-electron chi connectivity index (χ1n) is 19.8. The number of methoxy groups -OCH3 is 2. The smallest absolute Gasteiger partial charge is 0.338 e. The molecule has 1 aliphatic heterocycles. The van der Waals surface area contributed by atoms with Gasteiger partial charge < -0.3 is 54.5 Å². The number of hydrogen-bond acceptors (Lipinski definition) is 14. The second-order valence-corrected chi connectivity index (χ2v) is 16.9. The molecule has 3 aromatic rings. The van der Waals surface area contributed by atoms with E-state index in [2.05, 4.69) is 5.32 Å². The summed E-state index contributed by atoms with van der Waals surface area (Å²) in [5.41, 5.74) is -7.22. The number of benzene rings is 3. The minimum Gasteiger partial charge on any atom is -0.493 e. The Morgan fingerprint density at radius 1 is 0.855 bits per heavy atom. The molecule has 17 heteroatoms. The Morgan fingerprint density at radius 3 is 2.02 bits per heavy atom. The second kappa shape index (κ2) is 19.3. The Labute approximate surface area is 431 Å². The molecule has 62 heavy (non-hydrogen) atoms. The summed E-state index contributed by atoms with van der Waals surface area (Å²) in [7, 11) is 2.83. The van der Waals surface area contributed by atoms with Gasteiger partial charge in [0.05, 0.1) is 50.1 Å². The molecule has 3 aromatic carbocycles. The van der Waals surface area contributed by atoms with Gasteiger partial charge in [-0.15, -0.1) is 0 Å². The third-order valence-corrected chi connectivity index (χ3v) is 13.5. The molecule has 0 aromatic heterocycles. The van der Waals surface area contributed by atoms with Gasteiger partial charge in [0.2, 0.25) is 0 Å². The van der Waals surface area contributed by atoms with E-state index < -0.39 is 101 Å². The van der Waals surface area contributed by atoms with Crippen molar-refractivity contribution in [2.45, 2.75) is 94.4 Å². The number of aliphatic hydroxyl groups is 5. The van der Waals surface area contributed by atoms with Crippen LogP contribution in [0.25, 0.3) is 0 Å². The van der Waals surface area contributed by atoms with Crippen LogP contribution in [0.5, 0.6) is 11.5 Å². The number of nitrogens with one attached hydrogen (secondary N) is 1. The van der Waals surface area contributed by atoms with E-state index in [1.54, 1.807) is 62.4 Å². The van der Waals surface area contributed by atoms with Gasteiger partial charge in [0.15, 0.2) is 23.4 Å². The number of esters is 2. The maximum atomic E-state index is 14.8. The van der Waals surface area contributed by atoms with Gasteiger partial charge in [-0.05, 0) is 67.0 Å².